The van der Waals surface area contributed by atoms with Crippen molar-refractivity contribution in [1.29, 1.82) is 0 Å². The summed E-state index contributed by atoms with van der Waals surface area (Å²) in [6.07, 6.45) is 0.836. The molecule has 4 rings (SSSR count). The number of nitrogens with zero attached hydrogens (tertiary/aromatic N) is 3. The summed E-state index contributed by atoms with van der Waals surface area (Å²) >= 11 is 0. The van der Waals surface area contributed by atoms with Crippen molar-refractivity contribution in [3.05, 3.63) is 52.4 Å². The molecule has 1 atom stereocenters. The van der Waals surface area contributed by atoms with E-state index in [1.54, 1.807) is 54.5 Å². The minimum atomic E-state index is -0.418. The van der Waals surface area contributed by atoms with E-state index in [2.05, 4.69) is 5.32 Å². The van der Waals surface area contributed by atoms with E-state index in [0.717, 1.165) is 16.6 Å². The van der Waals surface area contributed by atoms with E-state index in [1.807, 2.05) is 24.3 Å². The molecule has 3 aromatic rings. The van der Waals surface area contributed by atoms with Crippen LogP contribution in [-0.4, -0.2) is 53.2 Å². The number of nitrogens with one attached hydrogen (secondary N) is 1. The van der Waals surface area contributed by atoms with Gasteiger partial charge in [0, 0.05) is 39.3 Å². The Hall–Kier alpha value is -3.75. The van der Waals surface area contributed by atoms with Crippen molar-refractivity contribution in [3.63, 3.8) is 0 Å². The second kappa shape index (κ2) is 9.01. The number of rotatable bonds is 7. The normalized spacial score (nSPS) is 15.8. The highest BCUT2D eigenvalue weighted by Gasteiger charge is 2.34. The van der Waals surface area contributed by atoms with Gasteiger partial charge in [-0.3, -0.25) is 18.7 Å². The fourth-order valence-corrected chi connectivity index (χ4v) is 4.29. The fourth-order valence-electron chi connectivity index (χ4n) is 4.29. The number of imidazole rings is 1. The van der Waals surface area contributed by atoms with Gasteiger partial charge in [-0.25, -0.2) is 4.79 Å². The molecule has 1 unspecified atom stereocenters. The van der Waals surface area contributed by atoms with E-state index in [4.69, 9.17) is 9.47 Å². The molecule has 1 aromatic heterocycles. The van der Waals surface area contributed by atoms with Crippen LogP contribution in [0.4, 0.5) is 5.69 Å². The van der Waals surface area contributed by atoms with Crippen LogP contribution in [0.1, 0.15) is 12.0 Å². The summed E-state index contributed by atoms with van der Waals surface area (Å²) in [5, 5.41) is 2.90. The molecular weight excluding hydrogens is 424 g/mol. The third kappa shape index (κ3) is 4.30. The van der Waals surface area contributed by atoms with Crippen LogP contribution in [0.3, 0.4) is 0 Å². The average molecular weight is 453 g/mol. The number of hydrogen-bond acceptors (Lipinski definition) is 5. The van der Waals surface area contributed by atoms with Gasteiger partial charge in [-0.2, -0.15) is 0 Å². The molecule has 9 nitrogen and oxygen atoms in total. The number of ether oxygens (including phenoxy) is 2. The number of carbonyl (C=O) groups excluding carboxylic acids is 2. The summed E-state index contributed by atoms with van der Waals surface area (Å²) < 4.78 is 13.7. The molecule has 2 amide bonds. The average Bonchev–Trinajstić information content (AvgIpc) is 3.30. The molecule has 0 radical (unpaired) electrons. The lowest BCUT2D eigenvalue weighted by atomic mass is 10.1. The summed E-state index contributed by atoms with van der Waals surface area (Å²) in [6, 6.07) is 11.0. The van der Waals surface area contributed by atoms with Gasteiger partial charge in [0.05, 0.1) is 31.2 Å². The van der Waals surface area contributed by atoms with Crippen molar-refractivity contribution >= 4 is 28.5 Å². The van der Waals surface area contributed by atoms with Crippen molar-refractivity contribution in [2.45, 2.75) is 12.8 Å². The molecule has 1 N–H and O–H groups in total. The maximum Gasteiger partial charge on any atom is 0.328 e. The number of carbonyl (C=O) groups is 2. The molecule has 1 fully saturated rings. The second-order valence-electron chi connectivity index (χ2n) is 8.27. The fraction of sp³-hybridized carbons (Fsp3) is 0.375. The van der Waals surface area contributed by atoms with Crippen LogP contribution in [0.15, 0.2) is 41.2 Å². The Balaban J connectivity index is 1.39. The van der Waals surface area contributed by atoms with Crippen LogP contribution >= 0.6 is 0 Å². The Morgan fingerprint density at radius 1 is 1.00 bits per heavy atom. The minimum Gasteiger partial charge on any atom is -0.493 e. The first-order valence-electron chi connectivity index (χ1n) is 10.8. The van der Waals surface area contributed by atoms with Crippen LogP contribution in [0.25, 0.3) is 11.0 Å². The highest BCUT2D eigenvalue weighted by atomic mass is 16.5. The zero-order valence-corrected chi connectivity index (χ0v) is 19.3. The molecule has 0 spiro atoms. The van der Waals surface area contributed by atoms with Crippen LogP contribution in [0.5, 0.6) is 11.5 Å². The van der Waals surface area contributed by atoms with E-state index < -0.39 is 5.92 Å². The first-order chi connectivity index (χ1) is 15.8. The lowest BCUT2D eigenvalue weighted by Gasteiger charge is -2.17. The summed E-state index contributed by atoms with van der Waals surface area (Å²) in [5.74, 6) is 0.656. The van der Waals surface area contributed by atoms with Gasteiger partial charge in [0.2, 0.25) is 11.8 Å². The summed E-state index contributed by atoms with van der Waals surface area (Å²) in [5.41, 5.74) is 3.03. The number of hydrogen-bond donors (Lipinski definition) is 1. The molecule has 0 saturated carbocycles. The number of aromatic nitrogens is 2. The SMILES string of the molecule is COc1ccc(CCN2CC(C(=O)Nc3ccc4c(c3)n(C)c(=O)n4C)CC2=O)cc1OC. The quantitative estimate of drug-likeness (QED) is 0.591. The van der Waals surface area contributed by atoms with Crippen LogP contribution < -0.4 is 20.5 Å². The molecule has 1 aliphatic heterocycles. The number of fused-ring (bicyclic) bond motifs is 1. The topological polar surface area (TPSA) is 94.8 Å². The molecular formula is C24H28N4O5. The largest absolute Gasteiger partial charge is 0.493 e. The molecule has 9 heteroatoms. The molecule has 2 aromatic carbocycles. The molecule has 1 saturated heterocycles. The zero-order chi connectivity index (χ0) is 23.7. The van der Waals surface area contributed by atoms with Crippen molar-refractivity contribution in [2.75, 3.05) is 32.6 Å². The number of benzene rings is 2. The Morgan fingerprint density at radius 2 is 1.73 bits per heavy atom. The van der Waals surface area contributed by atoms with Gasteiger partial charge in [0.15, 0.2) is 11.5 Å². The summed E-state index contributed by atoms with van der Waals surface area (Å²) in [7, 11) is 6.58. The molecule has 174 valence electrons. The minimum absolute atomic E-state index is 0.0310. The first-order valence-corrected chi connectivity index (χ1v) is 10.8. The van der Waals surface area contributed by atoms with Crippen molar-refractivity contribution in [1.82, 2.24) is 14.0 Å². The maximum atomic E-state index is 12.8. The van der Waals surface area contributed by atoms with Crippen molar-refractivity contribution in [2.24, 2.45) is 20.0 Å². The van der Waals surface area contributed by atoms with Crippen molar-refractivity contribution < 1.29 is 19.1 Å². The molecule has 0 aliphatic carbocycles. The molecule has 1 aliphatic rings. The van der Waals surface area contributed by atoms with Crippen LogP contribution in [0, 0.1) is 5.92 Å². The monoisotopic (exact) mass is 452 g/mol. The van der Waals surface area contributed by atoms with E-state index in [9.17, 15) is 14.4 Å². The summed E-state index contributed by atoms with van der Waals surface area (Å²) in [6.45, 7) is 0.903. The van der Waals surface area contributed by atoms with Crippen molar-refractivity contribution in [3.8, 4) is 11.5 Å². The summed E-state index contributed by atoms with van der Waals surface area (Å²) in [4.78, 5) is 39.2. The van der Waals surface area contributed by atoms with Gasteiger partial charge in [0.1, 0.15) is 0 Å². The van der Waals surface area contributed by atoms with E-state index in [1.165, 1.54) is 0 Å². The number of amides is 2. The predicted molar refractivity (Wildman–Crippen MR) is 125 cm³/mol. The second-order valence-corrected chi connectivity index (χ2v) is 8.27. The van der Waals surface area contributed by atoms with E-state index in [0.29, 0.717) is 36.7 Å². The van der Waals surface area contributed by atoms with Gasteiger partial charge in [-0.1, -0.05) is 6.07 Å². The highest BCUT2D eigenvalue weighted by molar-refractivity contribution is 5.98. The third-order valence-corrected chi connectivity index (χ3v) is 6.24. The smallest absolute Gasteiger partial charge is 0.328 e. The number of methoxy groups -OCH3 is 2. The van der Waals surface area contributed by atoms with E-state index in [-0.39, 0.29) is 23.9 Å². The standard InChI is InChI=1S/C24H28N4O5/c1-26-18-7-6-17(13-19(18)27(2)24(26)31)25-23(30)16-12-22(29)28(14-16)10-9-15-5-8-20(32-3)21(11-15)33-4/h5-8,11,13,16H,9-10,12,14H2,1-4H3,(H,25,30). The first kappa shape index (κ1) is 22.4. The van der Waals surface area contributed by atoms with E-state index >= 15 is 0 Å². The van der Waals surface area contributed by atoms with Crippen LogP contribution in [-0.2, 0) is 30.1 Å². The number of anilines is 1. The Morgan fingerprint density at radius 3 is 2.45 bits per heavy atom. The van der Waals surface area contributed by atoms with Crippen LogP contribution in [0.2, 0.25) is 0 Å². The third-order valence-electron chi connectivity index (χ3n) is 6.24. The van der Waals surface area contributed by atoms with Gasteiger partial charge >= 0.3 is 5.69 Å². The van der Waals surface area contributed by atoms with Gasteiger partial charge < -0.3 is 19.7 Å². The predicted octanol–water partition coefficient (Wildman–Crippen LogP) is 1.92. The Bertz CT molecular complexity index is 1280. The molecule has 0 bridgehead atoms. The van der Waals surface area contributed by atoms with Gasteiger partial charge in [0.25, 0.3) is 0 Å². The number of aryl methyl sites for hydroxylation is 2. The molecule has 2 heterocycles. The van der Waals surface area contributed by atoms with Gasteiger partial charge in [-0.05, 0) is 42.3 Å². The Kier molecular flexibility index (Phi) is 6.13. The number of likely N-dealkylation sites (tertiary alicyclic amines) is 1. The maximum absolute atomic E-state index is 12.8. The zero-order valence-electron chi connectivity index (χ0n) is 19.3. The lowest BCUT2D eigenvalue weighted by Crippen LogP contribution is -2.30. The lowest BCUT2D eigenvalue weighted by molar-refractivity contribution is -0.128. The Labute approximate surface area is 191 Å². The molecule has 33 heavy (non-hydrogen) atoms. The van der Waals surface area contributed by atoms with Gasteiger partial charge in [-0.15, -0.1) is 0 Å². The highest BCUT2D eigenvalue weighted by Crippen LogP contribution is 2.28.